The van der Waals surface area contributed by atoms with Crippen molar-refractivity contribution in [2.24, 2.45) is 0 Å². The van der Waals surface area contributed by atoms with Crippen LogP contribution >= 0.6 is 11.8 Å². The van der Waals surface area contributed by atoms with E-state index in [1.54, 1.807) is 30.3 Å². The number of amides is 1. The van der Waals surface area contributed by atoms with E-state index in [4.69, 9.17) is 4.74 Å². The standard InChI is InChI=1S/C22H22N4O3S/c1-3-13-26-19(14-16-9-5-4-6-10-16)24-25-22(26)30-15-20(27)23-18-12-8-7-11-17(18)21(28)29-2/h3-12H,1,13-15H2,2H3,(H,23,27). The van der Waals surface area contributed by atoms with Gasteiger partial charge in [-0.2, -0.15) is 0 Å². The molecule has 0 saturated heterocycles. The monoisotopic (exact) mass is 422 g/mol. The van der Waals surface area contributed by atoms with Gasteiger partial charge in [-0.1, -0.05) is 60.3 Å². The molecule has 7 nitrogen and oxygen atoms in total. The number of hydrogen-bond donors (Lipinski definition) is 1. The van der Waals surface area contributed by atoms with Gasteiger partial charge in [0.1, 0.15) is 5.82 Å². The van der Waals surface area contributed by atoms with Gasteiger partial charge >= 0.3 is 5.97 Å². The van der Waals surface area contributed by atoms with E-state index >= 15 is 0 Å². The number of allylic oxidation sites excluding steroid dienone is 1. The van der Waals surface area contributed by atoms with E-state index in [-0.39, 0.29) is 11.7 Å². The van der Waals surface area contributed by atoms with Crippen LogP contribution in [0.15, 0.2) is 72.4 Å². The van der Waals surface area contributed by atoms with Crippen LogP contribution in [0.3, 0.4) is 0 Å². The first-order valence-electron chi connectivity index (χ1n) is 9.29. The quantitative estimate of drug-likeness (QED) is 0.322. The van der Waals surface area contributed by atoms with Crippen molar-refractivity contribution in [2.45, 2.75) is 18.1 Å². The maximum absolute atomic E-state index is 12.5. The Morgan fingerprint density at radius 3 is 2.60 bits per heavy atom. The molecule has 1 aromatic heterocycles. The maximum atomic E-state index is 12.5. The number of nitrogens with one attached hydrogen (secondary N) is 1. The van der Waals surface area contributed by atoms with E-state index < -0.39 is 5.97 Å². The number of anilines is 1. The lowest BCUT2D eigenvalue weighted by atomic mass is 10.1. The smallest absolute Gasteiger partial charge is 0.339 e. The van der Waals surface area contributed by atoms with Crippen molar-refractivity contribution in [3.8, 4) is 0 Å². The molecule has 154 valence electrons. The minimum Gasteiger partial charge on any atom is -0.465 e. The number of para-hydroxylation sites is 1. The summed E-state index contributed by atoms with van der Waals surface area (Å²) >= 11 is 1.28. The summed E-state index contributed by atoms with van der Waals surface area (Å²) in [4.78, 5) is 24.3. The Balaban J connectivity index is 1.68. The van der Waals surface area contributed by atoms with Crippen molar-refractivity contribution in [2.75, 3.05) is 18.2 Å². The van der Waals surface area contributed by atoms with E-state index in [1.165, 1.54) is 18.9 Å². The summed E-state index contributed by atoms with van der Waals surface area (Å²) < 4.78 is 6.70. The lowest BCUT2D eigenvalue weighted by molar-refractivity contribution is -0.113. The lowest BCUT2D eigenvalue weighted by Crippen LogP contribution is -2.17. The molecule has 0 aliphatic heterocycles. The zero-order valence-corrected chi connectivity index (χ0v) is 17.4. The number of ether oxygens (including phenoxy) is 1. The van der Waals surface area contributed by atoms with E-state index in [2.05, 4.69) is 22.1 Å². The SMILES string of the molecule is C=CCn1c(Cc2ccccc2)nnc1SCC(=O)Nc1ccccc1C(=O)OC. The second-order valence-electron chi connectivity index (χ2n) is 6.33. The molecular formula is C22H22N4O3S. The van der Waals surface area contributed by atoms with Crippen LogP contribution in [0, 0.1) is 0 Å². The maximum Gasteiger partial charge on any atom is 0.339 e. The van der Waals surface area contributed by atoms with Crippen LogP contribution in [0.4, 0.5) is 5.69 Å². The van der Waals surface area contributed by atoms with E-state index in [1.807, 2.05) is 34.9 Å². The summed E-state index contributed by atoms with van der Waals surface area (Å²) in [5, 5.41) is 11.9. The molecule has 0 aliphatic rings. The highest BCUT2D eigenvalue weighted by Crippen LogP contribution is 2.21. The molecule has 0 aliphatic carbocycles. The van der Waals surface area contributed by atoms with Gasteiger partial charge in [-0.05, 0) is 17.7 Å². The average Bonchev–Trinajstić information content (AvgIpc) is 3.14. The summed E-state index contributed by atoms with van der Waals surface area (Å²) in [6, 6.07) is 16.7. The summed E-state index contributed by atoms with van der Waals surface area (Å²) in [5.74, 6) is 0.167. The van der Waals surface area contributed by atoms with Crippen molar-refractivity contribution in [3.05, 3.63) is 84.2 Å². The summed E-state index contributed by atoms with van der Waals surface area (Å²) in [6.07, 6.45) is 2.41. The van der Waals surface area contributed by atoms with E-state index in [0.29, 0.717) is 29.4 Å². The fourth-order valence-electron chi connectivity index (χ4n) is 2.84. The van der Waals surface area contributed by atoms with Crippen molar-refractivity contribution >= 4 is 29.3 Å². The molecule has 8 heteroatoms. The zero-order chi connectivity index (χ0) is 21.3. The molecule has 1 N–H and O–H groups in total. The number of esters is 1. The average molecular weight is 423 g/mol. The van der Waals surface area contributed by atoms with Crippen molar-refractivity contribution < 1.29 is 14.3 Å². The predicted molar refractivity (Wildman–Crippen MR) is 117 cm³/mol. The Hall–Kier alpha value is -3.39. The fraction of sp³-hybridized carbons (Fsp3) is 0.182. The second kappa shape index (κ2) is 10.4. The summed E-state index contributed by atoms with van der Waals surface area (Å²) in [6.45, 7) is 4.35. The fourth-order valence-corrected chi connectivity index (χ4v) is 3.61. The van der Waals surface area contributed by atoms with Crippen molar-refractivity contribution in [1.29, 1.82) is 0 Å². The second-order valence-corrected chi connectivity index (χ2v) is 7.28. The molecule has 3 rings (SSSR count). The van der Waals surface area contributed by atoms with Gasteiger partial charge in [0, 0.05) is 13.0 Å². The molecule has 0 unspecified atom stereocenters. The first-order valence-corrected chi connectivity index (χ1v) is 10.3. The highest BCUT2D eigenvalue weighted by atomic mass is 32.2. The largest absolute Gasteiger partial charge is 0.465 e. The number of hydrogen-bond acceptors (Lipinski definition) is 6. The molecule has 0 spiro atoms. The first-order chi connectivity index (χ1) is 14.6. The van der Waals surface area contributed by atoms with Crippen LogP contribution in [0.2, 0.25) is 0 Å². The lowest BCUT2D eigenvalue weighted by Gasteiger charge is -2.10. The Morgan fingerprint density at radius 2 is 1.87 bits per heavy atom. The van der Waals surface area contributed by atoms with E-state index in [0.717, 1.165) is 11.4 Å². The normalized spacial score (nSPS) is 10.4. The topological polar surface area (TPSA) is 86.1 Å². The molecule has 0 saturated carbocycles. The van der Waals surface area contributed by atoms with Crippen LogP contribution in [0.5, 0.6) is 0 Å². The van der Waals surface area contributed by atoms with Crippen molar-refractivity contribution in [3.63, 3.8) is 0 Å². The molecule has 0 atom stereocenters. The molecule has 3 aromatic rings. The highest BCUT2D eigenvalue weighted by Gasteiger charge is 2.16. The highest BCUT2D eigenvalue weighted by molar-refractivity contribution is 7.99. The molecule has 1 heterocycles. The number of carbonyl (C=O) groups is 2. The number of nitrogens with zero attached hydrogens (tertiary/aromatic N) is 3. The number of carbonyl (C=O) groups excluding carboxylic acids is 2. The molecule has 0 fully saturated rings. The zero-order valence-electron chi connectivity index (χ0n) is 16.6. The van der Waals surface area contributed by atoms with Crippen LogP contribution in [0.25, 0.3) is 0 Å². The van der Waals surface area contributed by atoms with Crippen LogP contribution in [-0.2, 0) is 22.5 Å². The van der Waals surface area contributed by atoms with Gasteiger partial charge in [0.2, 0.25) is 5.91 Å². The molecule has 1 amide bonds. The number of rotatable bonds is 9. The summed E-state index contributed by atoms with van der Waals surface area (Å²) in [5.41, 5.74) is 1.84. The molecule has 30 heavy (non-hydrogen) atoms. The van der Waals surface area contributed by atoms with Gasteiger partial charge in [0.05, 0.1) is 24.1 Å². The first kappa shape index (κ1) is 21.3. The minimum atomic E-state index is -0.505. The third kappa shape index (κ3) is 5.36. The Morgan fingerprint density at radius 1 is 1.13 bits per heavy atom. The molecule has 0 bridgehead atoms. The molecule has 0 radical (unpaired) electrons. The number of benzene rings is 2. The van der Waals surface area contributed by atoms with Crippen LogP contribution in [0.1, 0.15) is 21.7 Å². The number of thioether (sulfide) groups is 1. The molecular weight excluding hydrogens is 400 g/mol. The van der Waals surface area contributed by atoms with Crippen LogP contribution < -0.4 is 5.32 Å². The van der Waals surface area contributed by atoms with Gasteiger partial charge in [-0.3, -0.25) is 4.79 Å². The van der Waals surface area contributed by atoms with Gasteiger partial charge in [0.15, 0.2) is 5.16 Å². The Labute approximate surface area is 179 Å². The van der Waals surface area contributed by atoms with E-state index in [9.17, 15) is 9.59 Å². The predicted octanol–water partition coefficient (Wildman–Crippen LogP) is 3.57. The number of aromatic nitrogens is 3. The van der Waals surface area contributed by atoms with Crippen LogP contribution in [-0.4, -0.2) is 39.5 Å². The third-order valence-electron chi connectivity index (χ3n) is 4.25. The Kier molecular flexibility index (Phi) is 7.40. The van der Waals surface area contributed by atoms with Crippen molar-refractivity contribution in [1.82, 2.24) is 14.8 Å². The van der Waals surface area contributed by atoms with Gasteiger partial charge in [-0.25, -0.2) is 4.79 Å². The van der Waals surface area contributed by atoms with Gasteiger partial charge in [-0.15, -0.1) is 16.8 Å². The number of methoxy groups -OCH3 is 1. The van der Waals surface area contributed by atoms with Gasteiger partial charge in [0.25, 0.3) is 0 Å². The van der Waals surface area contributed by atoms with Gasteiger partial charge < -0.3 is 14.6 Å². The molecule has 2 aromatic carbocycles. The minimum absolute atomic E-state index is 0.121. The summed E-state index contributed by atoms with van der Waals surface area (Å²) in [7, 11) is 1.30. The third-order valence-corrected chi connectivity index (χ3v) is 5.22. The Bertz CT molecular complexity index is 1030.